The van der Waals surface area contributed by atoms with Crippen molar-refractivity contribution in [1.29, 1.82) is 0 Å². The molecule has 4 heteroatoms. The van der Waals surface area contributed by atoms with Crippen LogP contribution in [0.25, 0.3) is 0 Å². The lowest BCUT2D eigenvalue weighted by molar-refractivity contribution is -0.137. The second-order valence-electron chi connectivity index (χ2n) is 6.03. The van der Waals surface area contributed by atoms with Crippen LogP contribution in [0.2, 0.25) is 0 Å². The molecule has 0 spiro atoms. The highest BCUT2D eigenvalue weighted by atomic mass is 16.5. The number of hydrogen-bond donors (Lipinski definition) is 1. The minimum absolute atomic E-state index is 0.117. The third kappa shape index (κ3) is 2.89. The molecule has 2 N–H and O–H groups in total. The van der Waals surface area contributed by atoms with Crippen molar-refractivity contribution in [1.82, 2.24) is 0 Å². The molecule has 1 unspecified atom stereocenters. The van der Waals surface area contributed by atoms with Gasteiger partial charge in [0.05, 0.1) is 12.7 Å². The minimum Gasteiger partial charge on any atom is -0.381 e. The lowest BCUT2D eigenvalue weighted by atomic mass is 9.74. The van der Waals surface area contributed by atoms with Gasteiger partial charge in [-0.05, 0) is 30.4 Å². The zero-order valence-electron chi connectivity index (χ0n) is 12.3. The number of hydrogen-bond acceptors (Lipinski definition) is 4. The number of ether oxygens (including phenoxy) is 2. The summed E-state index contributed by atoms with van der Waals surface area (Å²) >= 11 is 0. The molecular formula is C17H23NO3. The van der Waals surface area contributed by atoms with Crippen LogP contribution in [0.4, 0.5) is 0 Å². The van der Waals surface area contributed by atoms with E-state index < -0.39 is 5.41 Å². The van der Waals surface area contributed by atoms with E-state index in [9.17, 15) is 4.79 Å². The SMILES string of the molecule is NCC1(C(=O)CC2OCCc3ccccc32)CCOCC1. The summed E-state index contributed by atoms with van der Waals surface area (Å²) in [4.78, 5) is 12.8. The van der Waals surface area contributed by atoms with Gasteiger partial charge in [0.15, 0.2) is 0 Å². The zero-order chi connectivity index (χ0) is 14.7. The van der Waals surface area contributed by atoms with Gasteiger partial charge in [-0.2, -0.15) is 0 Å². The quantitative estimate of drug-likeness (QED) is 0.921. The van der Waals surface area contributed by atoms with Gasteiger partial charge < -0.3 is 15.2 Å². The number of carbonyl (C=O) groups excluding carboxylic acids is 1. The normalized spacial score (nSPS) is 24.3. The average Bonchev–Trinajstić information content (AvgIpc) is 2.56. The lowest BCUT2D eigenvalue weighted by Gasteiger charge is -2.36. The lowest BCUT2D eigenvalue weighted by Crippen LogP contribution is -2.44. The monoisotopic (exact) mass is 289 g/mol. The molecule has 0 aromatic heterocycles. The molecule has 21 heavy (non-hydrogen) atoms. The fourth-order valence-electron chi connectivity index (χ4n) is 3.39. The number of benzene rings is 1. The summed E-state index contributed by atoms with van der Waals surface area (Å²) in [6.07, 6.45) is 2.70. The molecule has 1 saturated heterocycles. The molecule has 0 amide bonds. The predicted octanol–water partition coefficient (Wildman–Crippen LogP) is 2.02. The van der Waals surface area contributed by atoms with Crippen molar-refractivity contribution in [2.24, 2.45) is 11.1 Å². The van der Waals surface area contributed by atoms with E-state index in [1.54, 1.807) is 0 Å². The van der Waals surface area contributed by atoms with Gasteiger partial charge in [0.2, 0.25) is 0 Å². The summed E-state index contributed by atoms with van der Waals surface area (Å²) in [5.41, 5.74) is 7.98. The maximum atomic E-state index is 12.8. The van der Waals surface area contributed by atoms with E-state index in [-0.39, 0.29) is 11.9 Å². The summed E-state index contributed by atoms with van der Waals surface area (Å²) in [6, 6.07) is 8.26. The van der Waals surface area contributed by atoms with Crippen LogP contribution in [-0.4, -0.2) is 32.1 Å². The summed E-state index contributed by atoms with van der Waals surface area (Å²) < 4.78 is 11.2. The number of ketones is 1. The number of Topliss-reactive ketones (excluding diaryl/α,β-unsaturated/α-hetero) is 1. The minimum atomic E-state index is -0.409. The van der Waals surface area contributed by atoms with Crippen molar-refractivity contribution in [2.75, 3.05) is 26.4 Å². The fourth-order valence-corrected chi connectivity index (χ4v) is 3.39. The molecule has 2 aliphatic heterocycles. The smallest absolute Gasteiger partial charge is 0.143 e. The summed E-state index contributed by atoms with van der Waals surface area (Å²) in [7, 11) is 0. The molecular weight excluding hydrogens is 266 g/mol. The van der Waals surface area contributed by atoms with Crippen LogP contribution in [0.5, 0.6) is 0 Å². The van der Waals surface area contributed by atoms with Crippen LogP contribution in [0, 0.1) is 5.41 Å². The highest BCUT2D eigenvalue weighted by Gasteiger charge is 2.40. The molecule has 3 rings (SSSR count). The van der Waals surface area contributed by atoms with Gasteiger partial charge in [-0.1, -0.05) is 24.3 Å². The Morgan fingerprint density at radius 2 is 2.00 bits per heavy atom. The Hall–Kier alpha value is -1.23. The van der Waals surface area contributed by atoms with Gasteiger partial charge in [0.25, 0.3) is 0 Å². The van der Waals surface area contributed by atoms with Crippen molar-refractivity contribution in [3.8, 4) is 0 Å². The molecule has 1 aromatic carbocycles. The molecule has 2 aliphatic rings. The molecule has 1 aromatic rings. The summed E-state index contributed by atoms with van der Waals surface area (Å²) in [6.45, 7) is 2.35. The van der Waals surface area contributed by atoms with Crippen molar-refractivity contribution >= 4 is 5.78 Å². The van der Waals surface area contributed by atoms with E-state index in [0.29, 0.717) is 32.8 Å². The Bertz CT molecular complexity index is 509. The Labute approximate surface area is 125 Å². The number of carbonyl (C=O) groups is 1. The predicted molar refractivity (Wildman–Crippen MR) is 80.0 cm³/mol. The van der Waals surface area contributed by atoms with Gasteiger partial charge in [-0.25, -0.2) is 0 Å². The maximum absolute atomic E-state index is 12.8. The van der Waals surface area contributed by atoms with Gasteiger partial charge in [-0.3, -0.25) is 4.79 Å². The van der Waals surface area contributed by atoms with Crippen LogP contribution in [0.1, 0.15) is 36.5 Å². The van der Waals surface area contributed by atoms with E-state index in [2.05, 4.69) is 12.1 Å². The maximum Gasteiger partial charge on any atom is 0.143 e. The van der Waals surface area contributed by atoms with Gasteiger partial charge in [0.1, 0.15) is 5.78 Å². The van der Waals surface area contributed by atoms with E-state index in [1.165, 1.54) is 5.56 Å². The largest absolute Gasteiger partial charge is 0.381 e. The summed E-state index contributed by atoms with van der Waals surface area (Å²) in [5.74, 6) is 0.231. The molecule has 0 radical (unpaired) electrons. The molecule has 1 atom stereocenters. The van der Waals surface area contributed by atoms with Crippen molar-refractivity contribution in [3.63, 3.8) is 0 Å². The first-order chi connectivity index (χ1) is 10.2. The first kappa shape index (κ1) is 14.7. The van der Waals surface area contributed by atoms with Gasteiger partial charge >= 0.3 is 0 Å². The van der Waals surface area contributed by atoms with E-state index >= 15 is 0 Å². The van der Waals surface area contributed by atoms with E-state index in [4.69, 9.17) is 15.2 Å². The summed E-state index contributed by atoms with van der Waals surface area (Å²) in [5, 5.41) is 0. The van der Waals surface area contributed by atoms with Crippen LogP contribution in [0.15, 0.2) is 24.3 Å². The highest BCUT2D eigenvalue weighted by molar-refractivity contribution is 5.85. The zero-order valence-corrected chi connectivity index (χ0v) is 12.3. The van der Waals surface area contributed by atoms with Gasteiger partial charge in [0, 0.05) is 31.6 Å². The first-order valence-corrected chi connectivity index (χ1v) is 7.76. The van der Waals surface area contributed by atoms with E-state index in [1.807, 2.05) is 12.1 Å². The second kappa shape index (κ2) is 6.26. The number of rotatable bonds is 4. The Morgan fingerprint density at radius 1 is 1.24 bits per heavy atom. The number of nitrogens with two attached hydrogens (primary N) is 1. The standard InChI is InChI=1S/C17H23NO3/c18-12-17(6-9-20-10-7-17)16(19)11-15-14-4-2-1-3-13(14)5-8-21-15/h1-4,15H,5-12,18H2. The molecule has 0 saturated carbocycles. The second-order valence-corrected chi connectivity index (χ2v) is 6.03. The molecule has 4 nitrogen and oxygen atoms in total. The van der Waals surface area contributed by atoms with Gasteiger partial charge in [-0.15, -0.1) is 0 Å². The average molecular weight is 289 g/mol. The molecule has 2 heterocycles. The Morgan fingerprint density at radius 3 is 2.76 bits per heavy atom. The fraction of sp³-hybridized carbons (Fsp3) is 0.588. The topological polar surface area (TPSA) is 61.6 Å². The number of fused-ring (bicyclic) bond motifs is 1. The van der Waals surface area contributed by atoms with Crippen molar-refractivity contribution in [3.05, 3.63) is 35.4 Å². The van der Waals surface area contributed by atoms with Crippen LogP contribution in [-0.2, 0) is 20.7 Å². The Balaban J connectivity index is 1.76. The van der Waals surface area contributed by atoms with Crippen LogP contribution < -0.4 is 5.73 Å². The van der Waals surface area contributed by atoms with E-state index in [0.717, 1.165) is 24.8 Å². The molecule has 114 valence electrons. The first-order valence-electron chi connectivity index (χ1n) is 7.76. The van der Waals surface area contributed by atoms with Crippen LogP contribution in [0.3, 0.4) is 0 Å². The molecule has 1 fully saturated rings. The van der Waals surface area contributed by atoms with Crippen LogP contribution >= 0.6 is 0 Å². The Kier molecular flexibility index (Phi) is 4.38. The molecule has 0 bridgehead atoms. The third-order valence-electron chi connectivity index (χ3n) is 4.90. The van der Waals surface area contributed by atoms with Crippen molar-refractivity contribution in [2.45, 2.75) is 31.8 Å². The molecule has 0 aliphatic carbocycles. The third-order valence-corrected chi connectivity index (χ3v) is 4.90. The van der Waals surface area contributed by atoms with Crippen molar-refractivity contribution < 1.29 is 14.3 Å². The highest BCUT2D eigenvalue weighted by Crippen LogP contribution is 2.36.